The smallest absolute Gasteiger partial charge is 0.106 e. The third kappa shape index (κ3) is 2.99. The average molecular weight is 332 g/mol. The van der Waals surface area contributed by atoms with E-state index >= 15 is 0 Å². The Labute approximate surface area is 146 Å². The van der Waals surface area contributed by atoms with Crippen LogP contribution in [-0.4, -0.2) is 26.3 Å². The molecule has 0 spiro atoms. The molecule has 0 unspecified atom stereocenters. The van der Waals surface area contributed by atoms with Crippen LogP contribution in [0.5, 0.6) is 0 Å². The molecule has 2 aromatic heterocycles. The second-order valence-electron chi connectivity index (χ2n) is 6.67. The summed E-state index contributed by atoms with van der Waals surface area (Å²) in [6.07, 6.45) is 10.3. The van der Waals surface area contributed by atoms with E-state index in [2.05, 4.69) is 21.1 Å². The number of hydrogen-bond acceptors (Lipinski definition) is 5. The Morgan fingerprint density at radius 3 is 2.96 bits per heavy atom. The van der Waals surface area contributed by atoms with Gasteiger partial charge in [0.2, 0.25) is 0 Å². The fourth-order valence-corrected chi connectivity index (χ4v) is 3.50. The van der Waals surface area contributed by atoms with Crippen molar-refractivity contribution in [2.24, 2.45) is 11.7 Å². The van der Waals surface area contributed by atoms with E-state index in [1.54, 1.807) is 12.3 Å². The molecule has 3 aromatic rings. The van der Waals surface area contributed by atoms with Crippen LogP contribution >= 0.6 is 0 Å². The Bertz CT molecular complexity index is 932. The van der Waals surface area contributed by atoms with Crippen LogP contribution in [0.2, 0.25) is 0 Å². The van der Waals surface area contributed by atoms with Crippen LogP contribution in [0.4, 0.5) is 0 Å². The van der Waals surface area contributed by atoms with Gasteiger partial charge in [-0.3, -0.25) is 9.67 Å². The maximum absolute atomic E-state index is 9.16. The van der Waals surface area contributed by atoms with Gasteiger partial charge in [0.05, 0.1) is 35.2 Å². The molecule has 1 aliphatic carbocycles. The molecule has 25 heavy (non-hydrogen) atoms. The first kappa shape index (κ1) is 15.7. The number of benzene rings is 1. The topological polar surface area (TPSA) is 93.4 Å². The lowest BCUT2D eigenvalue weighted by atomic mass is 9.77. The van der Waals surface area contributed by atoms with Gasteiger partial charge < -0.3 is 5.73 Å². The van der Waals surface area contributed by atoms with Gasteiger partial charge in [0.15, 0.2) is 0 Å². The van der Waals surface area contributed by atoms with Gasteiger partial charge in [-0.1, -0.05) is 6.07 Å². The number of aromatic nitrogens is 4. The highest BCUT2D eigenvalue weighted by Gasteiger charge is 2.30. The molecule has 6 nitrogen and oxygen atoms in total. The second kappa shape index (κ2) is 6.61. The lowest BCUT2D eigenvalue weighted by Gasteiger charge is -2.35. The van der Waals surface area contributed by atoms with E-state index in [-0.39, 0.29) is 0 Å². The predicted octanol–water partition coefficient (Wildman–Crippen LogP) is 3.05. The molecule has 126 valence electrons. The van der Waals surface area contributed by atoms with Crippen molar-refractivity contribution in [1.29, 1.82) is 5.26 Å². The number of nitrogens with zero attached hydrogens (tertiary/aromatic N) is 5. The zero-order valence-electron chi connectivity index (χ0n) is 14.0. The van der Waals surface area contributed by atoms with E-state index in [1.165, 1.54) is 19.3 Å². The molecular formula is C19H20N6. The number of para-hydroxylation sites is 1. The number of rotatable bonds is 5. The third-order valence-electron chi connectivity index (χ3n) is 4.99. The summed E-state index contributed by atoms with van der Waals surface area (Å²) in [4.78, 5) is 9.07. The minimum absolute atomic E-state index is 0.482. The highest BCUT2D eigenvalue weighted by molar-refractivity contribution is 5.82. The Kier molecular flexibility index (Phi) is 4.16. The Morgan fingerprint density at radius 1 is 1.28 bits per heavy atom. The van der Waals surface area contributed by atoms with Gasteiger partial charge in [0.25, 0.3) is 0 Å². The molecule has 0 amide bonds. The van der Waals surface area contributed by atoms with Gasteiger partial charge >= 0.3 is 0 Å². The molecule has 4 rings (SSSR count). The van der Waals surface area contributed by atoms with Crippen LogP contribution in [0.25, 0.3) is 22.3 Å². The fourth-order valence-electron chi connectivity index (χ4n) is 3.50. The Hall–Kier alpha value is -2.78. The largest absolute Gasteiger partial charge is 0.330 e. The molecule has 0 saturated heterocycles. The molecule has 1 saturated carbocycles. The number of hydrogen-bond donors (Lipinski definition) is 1. The maximum Gasteiger partial charge on any atom is 0.106 e. The van der Waals surface area contributed by atoms with Gasteiger partial charge in [-0.25, -0.2) is 4.98 Å². The minimum Gasteiger partial charge on any atom is -0.330 e. The second-order valence-corrected chi connectivity index (χ2v) is 6.67. The fraction of sp³-hybridized carbons (Fsp3) is 0.368. The molecule has 6 heteroatoms. The molecular weight excluding hydrogens is 312 g/mol. The first-order valence-corrected chi connectivity index (χ1v) is 8.69. The van der Waals surface area contributed by atoms with E-state index in [0.717, 1.165) is 35.7 Å². The van der Waals surface area contributed by atoms with E-state index < -0.39 is 0 Å². The first-order valence-electron chi connectivity index (χ1n) is 8.69. The predicted molar refractivity (Wildman–Crippen MR) is 95.5 cm³/mol. The normalized spacial score (nSPS) is 19.5. The van der Waals surface area contributed by atoms with Crippen LogP contribution in [-0.2, 0) is 0 Å². The summed E-state index contributed by atoms with van der Waals surface area (Å²) in [5, 5.41) is 13.7. The van der Waals surface area contributed by atoms with Gasteiger partial charge in [-0.2, -0.15) is 10.4 Å². The molecule has 1 aromatic carbocycles. The van der Waals surface area contributed by atoms with Crippen LogP contribution in [0.15, 0.2) is 36.8 Å². The van der Waals surface area contributed by atoms with Crippen LogP contribution in [0, 0.1) is 17.2 Å². The lowest BCUT2D eigenvalue weighted by Crippen LogP contribution is -2.27. The first-order chi connectivity index (χ1) is 12.3. The number of nitriles is 1. The third-order valence-corrected chi connectivity index (χ3v) is 4.99. The van der Waals surface area contributed by atoms with Crippen molar-refractivity contribution < 1.29 is 0 Å². The molecule has 2 heterocycles. The average Bonchev–Trinajstić information content (AvgIpc) is 3.09. The summed E-state index contributed by atoms with van der Waals surface area (Å²) in [5.74, 6) is 0.783. The number of fused-ring (bicyclic) bond motifs is 1. The Morgan fingerprint density at radius 2 is 2.16 bits per heavy atom. The van der Waals surface area contributed by atoms with E-state index in [0.29, 0.717) is 17.1 Å². The highest BCUT2D eigenvalue weighted by Crippen LogP contribution is 2.40. The van der Waals surface area contributed by atoms with Crippen molar-refractivity contribution in [2.45, 2.75) is 31.7 Å². The number of nitrogens with two attached hydrogens (primary N) is 1. The van der Waals surface area contributed by atoms with Crippen molar-refractivity contribution >= 4 is 11.0 Å². The van der Waals surface area contributed by atoms with Gasteiger partial charge in [-0.15, -0.1) is 0 Å². The molecule has 0 aliphatic heterocycles. The van der Waals surface area contributed by atoms with Crippen LogP contribution < -0.4 is 5.73 Å². The molecule has 2 N–H and O–H groups in total. The van der Waals surface area contributed by atoms with E-state index in [4.69, 9.17) is 11.0 Å². The summed E-state index contributed by atoms with van der Waals surface area (Å²) in [6, 6.07) is 8.11. The summed E-state index contributed by atoms with van der Waals surface area (Å²) in [7, 11) is 0. The van der Waals surface area contributed by atoms with Gasteiger partial charge in [0.1, 0.15) is 11.6 Å². The van der Waals surface area contributed by atoms with E-state index in [1.807, 2.05) is 29.2 Å². The summed E-state index contributed by atoms with van der Waals surface area (Å²) in [5.41, 5.74) is 9.24. The van der Waals surface area contributed by atoms with Crippen molar-refractivity contribution in [1.82, 2.24) is 19.7 Å². The summed E-state index contributed by atoms with van der Waals surface area (Å²) in [6.45, 7) is 0.779. The molecule has 0 bridgehead atoms. The lowest BCUT2D eigenvalue weighted by molar-refractivity contribution is 0.171. The summed E-state index contributed by atoms with van der Waals surface area (Å²) < 4.78 is 2.05. The zero-order valence-corrected chi connectivity index (χ0v) is 14.0. The molecule has 1 aliphatic rings. The van der Waals surface area contributed by atoms with Crippen molar-refractivity contribution in [3.8, 4) is 17.3 Å². The standard InChI is InChI=1S/C19H20N6/c20-6-2-3-13-7-16(8-13)25-12-15(10-23-25)18-11-22-19-14(9-21)4-1-5-17(19)24-18/h1,4-5,10-13,16H,2-3,6-8,20H2. The van der Waals surface area contributed by atoms with Crippen molar-refractivity contribution in [3.63, 3.8) is 0 Å². The maximum atomic E-state index is 9.16. The highest BCUT2D eigenvalue weighted by atomic mass is 15.3. The van der Waals surface area contributed by atoms with Crippen molar-refractivity contribution in [3.05, 3.63) is 42.4 Å². The van der Waals surface area contributed by atoms with Gasteiger partial charge in [0, 0.05) is 11.8 Å². The van der Waals surface area contributed by atoms with E-state index in [9.17, 15) is 0 Å². The van der Waals surface area contributed by atoms with Crippen LogP contribution in [0.3, 0.4) is 0 Å². The molecule has 0 radical (unpaired) electrons. The molecule has 0 atom stereocenters. The monoisotopic (exact) mass is 332 g/mol. The van der Waals surface area contributed by atoms with Crippen LogP contribution in [0.1, 0.15) is 37.3 Å². The SMILES string of the molecule is N#Cc1cccc2nc(-c3cnn(C4CC(CCCN)C4)c3)cnc12. The summed E-state index contributed by atoms with van der Waals surface area (Å²) >= 11 is 0. The Balaban J connectivity index is 1.53. The zero-order chi connectivity index (χ0) is 17.2. The molecule has 1 fully saturated rings. The van der Waals surface area contributed by atoms with Gasteiger partial charge in [-0.05, 0) is 50.3 Å². The minimum atomic E-state index is 0.482. The quantitative estimate of drug-likeness (QED) is 0.775. The van der Waals surface area contributed by atoms with Crippen molar-refractivity contribution in [2.75, 3.05) is 6.54 Å².